The van der Waals surface area contributed by atoms with Crippen LogP contribution in [0.1, 0.15) is 0 Å². The van der Waals surface area contributed by atoms with Crippen LogP contribution in [0, 0.1) is 11.6 Å². The molecule has 1 aliphatic rings. The molecule has 0 saturated carbocycles. The Balaban J connectivity index is 1.30. The van der Waals surface area contributed by atoms with E-state index in [9.17, 15) is 22.0 Å². The maximum Gasteiger partial charge on any atom is 0.243 e. The Morgan fingerprint density at radius 2 is 1.75 bits per heavy atom. The monoisotopic (exact) mass is 478 g/mol. The minimum Gasteiger partial charge on any atom is -0.339 e. The average Bonchev–Trinajstić information content (AvgIpc) is 3.27. The van der Waals surface area contributed by atoms with Gasteiger partial charge in [-0.05, 0) is 48.0 Å². The van der Waals surface area contributed by atoms with Crippen LogP contribution in [0.4, 0.5) is 8.78 Å². The zero-order valence-electron chi connectivity index (χ0n) is 16.9. The Hall–Kier alpha value is -2.76. The number of thioether (sulfide) groups is 1. The summed E-state index contributed by atoms with van der Waals surface area (Å²) in [6.07, 6.45) is 1.62. The number of nitrogens with one attached hydrogen (secondary N) is 1. The number of carbonyl (C=O) groups excluding carboxylic acids is 1. The number of rotatable bonds is 6. The van der Waals surface area contributed by atoms with Gasteiger partial charge in [0.2, 0.25) is 15.9 Å². The van der Waals surface area contributed by atoms with Gasteiger partial charge in [-0.1, -0.05) is 17.8 Å². The van der Waals surface area contributed by atoms with E-state index in [0.29, 0.717) is 5.16 Å². The van der Waals surface area contributed by atoms with Crippen LogP contribution in [-0.4, -0.2) is 65.4 Å². The maximum absolute atomic E-state index is 13.4. The molecule has 3 aromatic rings. The third-order valence-electron chi connectivity index (χ3n) is 5.07. The van der Waals surface area contributed by atoms with Crippen LogP contribution < -0.4 is 0 Å². The molecule has 0 bridgehead atoms. The molecular formula is C21H20F2N4O3S2. The van der Waals surface area contributed by atoms with Gasteiger partial charge in [0.05, 0.1) is 22.5 Å². The molecule has 32 heavy (non-hydrogen) atoms. The van der Waals surface area contributed by atoms with Crippen molar-refractivity contribution in [2.24, 2.45) is 0 Å². The van der Waals surface area contributed by atoms with Crippen LogP contribution >= 0.6 is 11.8 Å². The smallest absolute Gasteiger partial charge is 0.243 e. The van der Waals surface area contributed by atoms with Crippen LogP contribution in [-0.2, 0) is 14.8 Å². The zero-order valence-corrected chi connectivity index (χ0v) is 18.5. The second kappa shape index (κ2) is 9.39. The summed E-state index contributed by atoms with van der Waals surface area (Å²) in [4.78, 5) is 21.4. The number of benzene rings is 2. The average molecular weight is 479 g/mol. The first-order valence-electron chi connectivity index (χ1n) is 9.80. The predicted octanol–water partition coefficient (Wildman–Crippen LogP) is 2.98. The highest BCUT2D eigenvalue weighted by atomic mass is 32.2. The topological polar surface area (TPSA) is 86.4 Å². The minimum atomic E-state index is -3.80. The summed E-state index contributed by atoms with van der Waals surface area (Å²) in [5.41, 5.74) is 1.50. The van der Waals surface area contributed by atoms with Crippen molar-refractivity contribution in [3.8, 4) is 11.3 Å². The Kier molecular flexibility index (Phi) is 6.58. The molecule has 0 aliphatic carbocycles. The van der Waals surface area contributed by atoms with Gasteiger partial charge in [0, 0.05) is 26.2 Å². The fourth-order valence-electron chi connectivity index (χ4n) is 3.33. The van der Waals surface area contributed by atoms with Gasteiger partial charge in [0.25, 0.3) is 0 Å². The number of piperazine rings is 1. The van der Waals surface area contributed by atoms with E-state index in [1.54, 1.807) is 23.2 Å². The molecule has 0 radical (unpaired) electrons. The molecule has 2 aromatic carbocycles. The van der Waals surface area contributed by atoms with Gasteiger partial charge in [-0.15, -0.1) is 0 Å². The number of sulfonamides is 1. The van der Waals surface area contributed by atoms with Crippen molar-refractivity contribution in [1.29, 1.82) is 0 Å². The van der Waals surface area contributed by atoms with E-state index < -0.39 is 15.8 Å². The Morgan fingerprint density at radius 1 is 1.03 bits per heavy atom. The highest BCUT2D eigenvalue weighted by Gasteiger charge is 2.30. The summed E-state index contributed by atoms with van der Waals surface area (Å²) in [6.45, 7) is 0.801. The first-order valence-corrected chi connectivity index (χ1v) is 12.2. The highest BCUT2D eigenvalue weighted by molar-refractivity contribution is 7.99. The summed E-state index contributed by atoms with van der Waals surface area (Å²) in [6, 6.07) is 10.9. The number of imidazole rings is 1. The number of carbonyl (C=O) groups is 1. The van der Waals surface area contributed by atoms with Crippen molar-refractivity contribution in [2.45, 2.75) is 10.1 Å². The van der Waals surface area contributed by atoms with Crippen LogP contribution in [0.5, 0.6) is 0 Å². The van der Waals surface area contributed by atoms with Gasteiger partial charge in [0.1, 0.15) is 11.6 Å². The van der Waals surface area contributed by atoms with Gasteiger partial charge < -0.3 is 9.88 Å². The molecule has 0 spiro atoms. The van der Waals surface area contributed by atoms with Crippen LogP contribution in [0.3, 0.4) is 0 Å². The van der Waals surface area contributed by atoms with Gasteiger partial charge in [0.15, 0.2) is 5.16 Å². The third kappa shape index (κ3) is 5.00. The fourth-order valence-corrected chi connectivity index (χ4v) is 5.53. The lowest BCUT2D eigenvalue weighted by Gasteiger charge is -2.34. The van der Waals surface area contributed by atoms with Crippen molar-refractivity contribution >= 4 is 27.7 Å². The molecule has 168 valence electrons. The summed E-state index contributed by atoms with van der Waals surface area (Å²) < 4.78 is 53.1. The van der Waals surface area contributed by atoms with Crippen molar-refractivity contribution in [3.05, 3.63) is 66.4 Å². The summed E-state index contributed by atoms with van der Waals surface area (Å²) in [5, 5.41) is 0.560. The Morgan fingerprint density at radius 3 is 2.44 bits per heavy atom. The summed E-state index contributed by atoms with van der Waals surface area (Å²) >= 11 is 1.24. The number of hydrogen-bond donors (Lipinski definition) is 1. The Labute approximate surface area is 188 Å². The van der Waals surface area contributed by atoms with E-state index in [1.807, 2.05) is 0 Å². The maximum atomic E-state index is 13.4. The lowest BCUT2D eigenvalue weighted by Crippen LogP contribution is -2.50. The van der Waals surface area contributed by atoms with Crippen LogP contribution in [0.15, 0.2) is 64.8 Å². The van der Waals surface area contributed by atoms with E-state index in [1.165, 1.54) is 46.4 Å². The number of halogens is 2. The van der Waals surface area contributed by atoms with E-state index in [4.69, 9.17) is 0 Å². The molecule has 0 atom stereocenters. The van der Waals surface area contributed by atoms with E-state index >= 15 is 0 Å². The molecule has 2 heterocycles. The molecule has 0 unspecified atom stereocenters. The van der Waals surface area contributed by atoms with Crippen molar-refractivity contribution in [2.75, 3.05) is 31.9 Å². The van der Waals surface area contributed by atoms with E-state index in [2.05, 4.69) is 9.97 Å². The number of H-pyrrole nitrogens is 1. The lowest BCUT2D eigenvalue weighted by molar-refractivity contribution is -0.129. The number of nitrogens with zero attached hydrogens (tertiary/aromatic N) is 3. The number of hydrogen-bond acceptors (Lipinski definition) is 5. The third-order valence-corrected chi connectivity index (χ3v) is 7.83. The number of aromatic nitrogens is 2. The molecule has 1 fully saturated rings. The van der Waals surface area contributed by atoms with Crippen molar-refractivity contribution in [1.82, 2.24) is 19.2 Å². The molecule has 4 rings (SSSR count). The normalized spacial score (nSPS) is 15.1. The number of amides is 1. The number of aromatic amines is 1. The van der Waals surface area contributed by atoms with Crippen LogP contribution in [0.2, 0.25) is 0 Å². The zero-order chi connectivity index (χ0) is 22.7. The minimum absolute atomic E-state index is 0.0948. The molecule has 7 nitrogen and oxygen atoms in total. The quantitative estimate of drug-likeness (QED) is 0.551. The second-order valence-electron chi connectivity index (χ2n) is 7.14. The van der Waals surface area contributed by atoms with E-state index in [-0.39, 0.29) is 48.6 Å². The highest BCUT2D eigenvalue weighted by Crippen LogP contribution is 2.23. The summed E-state index contributed by atoms with van der Waals surface area (Å²) in [5.74, 6) is -0.917. The largest absolute Gasteiger partial charge is 0.339 e. The molecule has 11 heteroatoms. The first kappa shape index (κ1) is 22.4. The van der Waals surface area contributed by atoms with Gasteiger partial charge in [-0.3, -0.25) is 4.79 Å². The van der Waals surface area contributed by atoms with Crippen molar-refractivity contribution < 1.29 is 22.0 Å². The molecular weight excluding hydrogens is 458 g/mol. The van der Waals surface area contributed by atoms with Crippen LogP contribution in [0.25, 0.3) is 11.3 Å². The molecule has 1 saturated heterocycles. The van der Waals surface area contributed by atoms with Gasteiger partial charge >= 0.3 is 0 Å². The second-order valence-corrected chi connectivity index (χ2v) is 10.0. The SMILES string of the molecule is O=C(CSc1ncc(-c2ccc(F)cc2)[nH]1)N1CCN(S(=O)(=O)c2cccc(F)c2)CC1. The first-order chi connectivity index (χ1) is 15.3. The van der Waals surface area contributed by atoms with Crippen molar-refractivity contribution in [3.63, 3.8) is 0 Å². The van der Waals surface area contributed by atoms with E-state index in [0.717, 1.165) is 17.3 Å². The lowest BCUT2D eigenvalue weighted by atomic mass is 10.2. The van der Waals surface area contributed by atoms with Gasteiger partial charge in [-0.25, -0.2) is 22.2 Å². The predicted molar refractivity (Wildman–Crippen MR) is 116 cm³/mol. The Bertz CT molecular complexity index is 1210. The fraction of sp³-hybridized carbons (Fsp3) is 0.238. The molecule has 1 aromatic heterocycles. The molecule has 1 amide bonds. The van der Waals surface area contributed by atoms with Gasteiger partial charge in [-0.2, -0.15) is 4.31 Å². The molecule has 1 N–H and O–H groups in total. The molecule has 1 aliphatic heterocycles. The summed E-state index contributed by atoms with van der Waals surface area (Å²) in [7, 11) is -3.80. The standard InChI is InChI=1S/C21H20F2N4O3S2/c22-16-6-4-15(5-7-16)19-13-24-21(25-19)31-14-20(28)26-8-10-27(11-9-26)32(29,30)18-3-1-2-17(23)12-18/h1-7,12-13H,8-11,14H2,(H,24,25).